The molecule has 124 valence electrons. The monoisotopic (exact) mass is 316 g/mol. The van der Waals surface area contributed by atoms with E-state index in [4.69, 9.17) is 9.47 Å². The van der Waals surface area contributed by atoms with Gasteiger partial charge in [0.2, 0.25) is 0 Å². The molecule has 0 amide bonds. The van der Waals surface area contributed by atoms with Crippen LogP contribution in [0.15, 0.2) is 48.2 Å². The lowest BCUT2D eigenvalue weighted by atomic mass is 9.77. The van der Waals surface area contributed by atoms with Crippen LogP contribution in [0, 0.1) is 5.41 Å². The smallest absolute Gasteiger partial charge is 0.328 e. The maximum Gasteiger partial charge on any atom is 0.328 e. The standard InChI is InChI=1S/C19H24O4/c1-18(2,3)13-9-10-14-19(16(20)22-4,17(21)23-5)15-11-7-6-8-12-15/h6-8,10-13H,14H2,1-5H3. The highest BCUT2D eigenvalue weighted by Crippen LogP contribution is 2.32. The zero-order valence-electron chi connectivity index (χ0n) is 14.4. The second-order valence-electron chi connectivity index (χ2n) is 6.34. The Morgan fingerprint density at radius 2 is 1.57 bits per heavy atom. The van der Waals surface area contributed by atoms with Crippen LogP contribution in [0.1, 0.15) is 32.8 Å². The first-order chi connectivity index (χ1) is 10.8. The van der Waals surface area contributed by atoms with Crippen molar-refractivity contribution in [1.29, 1.82) is 0 Å². The third kappa shape index (κ3) is 4.57. The molecule has 0 radical (unpaired) electrons. The maximum atomic E-state index is 12.4. The van der Waals surface area contributed by atoms with Crippen molar-refractivity contribution < 1.29 is 19.1 Å². The average Bonchev–Trinajstić information content (AvgIpc) is 2.53. The number of hydrogen-bond acceptors (Lipinski definition) is 4. The van der Waals surface area contributed by atoms with E-state index in [1.807, 2.05) is 32.9 Å². The largest absolute Gasteiger partial charge is 0.468 e. The molecule has 4 nitrogen and oxygen atoms in total. The molecule has 0 atom stereocenters. The molecular weight excluding hydrogens is 292 g/mol. The summed E-state index contributed by atoms with van der Waals surface area (Å²) < 4.78 is 9.79. The number of methoxy groups -OCH3 is 2. The first kappa shape index (κ1) is 18.7. The third-order valence-electron chi connectivity index (χ3n) is 3.38. The summed E-state index contributed by atoms with van der Waals surface area (Å²) in [5.41, 5.74) is 2.01. The summed E-state index contributed by atoms with van der Waals surface area (Å²) in [5.74, 6) is -1.30. The number of esters is 2. The van der Waals surface area contributed by atoms with Crippen LogP contribution < -0.4 is 0 Å². The fourth-order valence-electron chi connectivity index (χ4n) is 2.20. The van der Waals surface area contributed by atoms with Crippen LogP contribution in [0.3, 0.4) is 0 Å². The molecule has 0 bridgehead atoms. The lowest BCUT2D eigenvalue weighted by Gasteiger charge is -2.27. The first-order valence-corrected chi connectivity index (χ1v) is 7.42. The molecule has 1 aromatic carbocycles. The van der Waals surface area contributed by atoms with Crippen LogP contribution in [-0.4, -0.2) is 26.2 Å². The molecule has 0 fully saturated rings. The van der Waals surface area contributed by atoms with E-state index in [-0.39, 0.29) is 11.8 Å². The van der Waals surface area contributed by atoms with E-state index in [1.165, 1.54) is 14.2 Å². The van der Waals surface area contributed by atoms with E-state index < -0.39 is 17.4 Å². The molecule has 1 rings (SSSR count). The van der Waals surface area contributed by atoms with Crippen LogP contribution >= 0.6 is 0 Å². The molecule has 0 spiro atoms. The first-order valence-electron chi connectivity index (χ1n) is 7.42. The lowest BCUT2D eigenvalue weighted by molar-refractivity contribution is -0.161. The number of allylic oxidation sites excluding steroid dienone is 1. The Hall–Kier alpha value is -2.32. The summed E-state index contributed by atoms with van der Waals surface area (Å²) in [6.07, 6.45) is 3.67. The van der Waals surface area contributed by atoms with Gasteiger partial charge >= 0.3 is 11.9 Å². The molecule has 0 N–H and O–H groups in total. The van der Waals surface area contributed by atoms with Crippen molar-refractivity contribution in [1.82, 2.24) is 0 Å². The number of ether oxygens (including phenoxy) is 2. The Kier molecular flexibility index (Phi) is 6.35. The van der Waals surface area contributed by atoms with E-state index in [0.717, 1.165) is 0 Å². The van der Waals surface area contributed by atoms with Crippen LogP contribution in [0.5, 0.6) is 0 Å². The van der Waals surface area contributed by atoms with E-state index in [2.05, 4.69) is 5.73 Å². The van der Waals surface area contributed by atoms with Gasteiger partial charge in [-0.3, -0.25) is 9.59 Å². The van der Waals surface area contributed by atoms with Crippen molar-refractivity contribution in [3.05, 3.63) is 53.8 Å². The van der Waals surface area contributed by atoms with Gasteiger partial charge in [0.25, 0.3) is 0 Å². The minimum atomic E-state index is -1.52. The number of hydrogen-bond donors (Lipinski definition) is 0. The second-order valence-corrected chi connectivity index (χ2v) is 6.34. The summed E-state index contributed by atoms with van der Waals surface area (Å²) in [5, 5.41) is 0. The predicted molar refractivity (Wildman–Crippen MR) is 88.9 cm³/mol. The molecule has 0 aliphatic rings. The molecule has 0 heterocycles. The number of rotatable bonds is 5. The molecule has 0 aliphatic carbocycles. The number of carbonyl (C=O) groups is 2. The molecule has 0 aliphatic heterocycles. The predicted octanol–water partition coefficient (Wildman–Crippen LogP) is 3.42. The van der Waals surface area contributed by atoms with E-state index in [1.54, 1.807) is 30.3 Å². The van der Waals surface area contributed by atoms with Crippen molar-refractivity contribution in [3.8, 4) is 0 Å². The molecular formula is C19H24O4. The van der Waals surface area contributed by atoms with Gasteiger partial charge in [-0.25, -0.2) is 0 Å². The molecule has 1 aromatic rings. The van der Waals surface area contributed by atoms with Gasteiger partial charge in [0.15, 0.2) is 5.41 Å². The highest BCUT2D eigenvalue weighted by atomic mass is 16.5. The van der Waals surface area contributed by atoms with Gasteiger partial charge in [0, 0.05) is 6.42 Å². The maximum absolute atomic E-state index is 12.4. The van der Waals surface area contributed by atoms with Gasteiger partial charge < -0.3 is 9.47 Å². The van der Waals surface area contributed by atoms with Gasteiger partial charge in [0.1, 0.15) is 0 Å². The molecule has 0 aromatic heterocycles. The number of carbonyl (C=O) groups excluding carboxylic acids is 2. The average molecular weight is 316 g/mol. The quantitative estimate of drug-likeness (QED) is 0.474. The van der Waals surface area contributed by atoms with Crippen molar-refractivity contribution in [2.24, 2.45) is 5.41 Å². The van der Waals surface area contributed by atoms with Crippen LogP contribution in [-0.2, 0) is 24.5 Å². The van der Waals surface area contributed by atoms with E-state index >= 15 is 0 Å². The third-order valence-corrected chi connectivity index (χ3v) is 3.38. The number of benzene rings is 1. The Morgan fingerprint density at radius 1 is 1.04 bits per heavy atom. The molecule has 4 heteroatoms. The van der Waals surface area contributed by atoms with Gasteiger partial charge in [-0.15, -0.1) is 5.73 Å². The minimum Gasteiger partial charge on any atom is -0.468 e. The Labute approximate surface area is 137 Å². The van der Waals surface area contributed by atoms with Crippen molar-refractivity contribution >= 4 is 11.9 Å². The highest BCUT2D eigenvalue weighted by molar-refractivity contribution is 6.06. The summed E-state index contributed by atoms with van der Waals surface area (Å²) in [6, 6.07) is 8.79. The molecule has 0 saturated heterocycles. The summed E-state index contributed by atoms with van der Waals surface area (Å²) in [6.45, 7) is 6.12. The fourth-order valence-corrected chi connectivity index (χ4v) is 2.20. The van der Waals surface area contributed by atoms with Gasteiger partial charge in [-0.2, -0.15) is 0 Å². The Bertz CT molecular complexity index is 586. The van der Waals surface area contributed by atoms with E-state index in [9.17, 15) is 9.59 Å². The van der Waals surface area contributed by atoms with Crippen molar-refractivity contribution in [2.45, 2.75) is 32.6 Å². The Morgan fingerprint density at radius 3 is 2.00 bits per heavy atom. The van der Waals surface area contributed by atoms with Crippen molar-refractivity contribution in [3.63, 3.8) is 0 Å². The summed E-state index contributed by atoms with van der Waals surface area (Å²) >= 11 is 0. The highest BCUT2D eigenvalue weighted by Gasteiger charge is 2.49. The lowest BCUT2D eigenvalue weighted by Crippen LogP contribution is -2.45. The van der Waals surface area contributed by atoms with Gasteiger partial charge in [-0.1, -0.05) is 51.1 Å². The zero-order valence-corrected chi connectivity index (χ0v) is 14.4. The Balaban J connectivity index is 3.38. The minimum absolute atomic E-state index is 0.0392. The van der Waals surface area contributed by atoms with Gasteiger partial charge in [0.05, 0.1) is 14.2 Å². The van der Waals surface area contributed by atoms with Crippen molar-refractivity contribution in [2.75, 3.05) is 14.2 Å². The molecule has 0 unspecified atom stereocenters. The van der Waals surface area contributed by atoms with E-state index in [0.29, 0.717) is 5.56 Å². The van der Waals surface area contributed by atoms with Crippen LogP contribution in [0.2, 0.25) is 0 Å². The van der Waals surface area contributed by atoms with Crippen LogP contribution in [0.25, 0.3) is 0 Å². The van der Waals surface area contributed by atoms with Gasteiger partial charge in [-0.05, 0) is 23.1 Å². The second kappa shape index (κ2) is 7.80. The normalized spacial score (nSPS) is 11.2. The topological polar surface area (TPSA) is 52.6 Å². The summed E-state index contributed by atoms with van der Waals surface area (Å²) in [4.78, 5) is 24.9. The zero-order chi connectivity index (χ0) is 17.5. The molecule has 0 saturated carbocycles. The van der Waals surface area contributed by atoms with Crippen LogP contribution in [0.4, 0.5) is 0 Å². The SMILES string of the molecule is COC(=O)C(CC=C=CC(C)(C)C)(C(=O)OC)c1ccccc1. The summed E-state index contributed by atoms with van der Waals surface area (Å²) in [7, 11) is 2.52. The molecule has 23 heavy (non-hydrogen) atoms. The fraction of sp³-hybridized carbons (Fsp3) is 0.421.